The van der Waals surface area contributed by atoms with Gasteiger partial charge in [0.05, 0.1) is 0 Å². The highest BCUT2D eigenvalue weighted by atomic mass is 35.5. The molecule has 0 aliphatic rings. The number of hydrogen-bond donors (Lipinski definition) is 4. The van der Waals surface area contributed by atoms with E-state index in [9.17, 15) is 9.59 Å². The molecule has 0 radical (unpaired) electrons. The first kappa shape index (κ1) is 24.5. The molecule has 0 aliphatic carbocycles. The molecule has 2 aromatic rings. The van der Waals surface area contributed by atoms with Crippen LogP contribution in [0.15, 0.2) is 48.5 Å². The standard InChI is InChI=1S/C22H30N4O2.ClH/c1-15(2)13-22(4,14-23)26-20(27)17-11-10-16(3)19(12-17)25-21(28)24-18-8-6-5-7-9-18;/h5-12,15H,13-14,23H2,1-4H3,(H,26,27)(H2,24,25,28);1H. The second-order valence-corrected chi connectivity index (χ2v) is 7.79. The molecule has 0 bridgehead atoms. The van der Waals surface area contributed by atoms with E-state index in [4.69, 9.17) is 5.73 Å². The molecule has 0 saturated heterocycles. The van der Waals surface area contributed by atoms with Crippen LogP contribution in [0.3, 0.4) is 0 Å². The molecule has 0 heterocycles. The lowest BCUT2D eigenvalue weighted by Crippen LogP contribution is -2.52. The fourth-order valence-corrected chi connectivity index (χ4v) is 3.14. The Morgan fingerprint density at radius 1 is 1.07 bits per heavy atom. The van der Waals surface area contributed by atoms with Gasteiger partial charge in [0.1, 0.15) is 0 Å². The van der Waals surface area contributed by atoms with Gasteiger partial charge in [-0.15, -0.1) is 12.4 Å². The lowest BCUT2D eigenvalue weighted by molar-refractivity contribution is 0.0898. The van der Waals surface area contributed by atoms with Crippen molar-refractivity contribution in [1.82, 2.24) is 5.32 Å². The van der Waals surface area contributed by atoms with E-state index in [0.29, 0.717) is 29.4 Å². The monoisotopic (exact) mass is 418 g/mol. The van der Waals surface area contributed by atoms with Gasteiger partial charge in [-0.1, -0.05) is 38.1 Å². The quantitative estimate of drug-likeness (QED) is 0.530. The third-order valence-electron chi connectivity index (χ3n) is 4.50. The Kier molecular flexibility index (Phi) is 9.14. The second-order valence-electron chi connectivity index (χ2n) is 7.79. The summed E-state index contributed by atoms with van der Waals surface area (Å²) in [6.07, 6.45) is 0.783. The number of carbonyl (C=O) groups is 2. The van der Waals surface area contributed by atoms with Crippen molar-refractivity contribution in [1.29, 1.82) is 0 Å². The number of halogens is 1. The van der Waals surface area contributed by atoms with E-state index in [1.54, 1.807) is 24.3 Å². The summed E-state index contributed by atoms with van der Waals surface area (Å²) >= 11 is 0. The summed E-state index contributed by atoms with van der Waals surface area (Å²) in [5.74, 6) is 0.200. The molecule has 0 aliphatic heterocycles. The minimum absolute atomic E-state index is 0. The number of anilines is 2. The molecule has 2 rings (SSSR count). The van der Waals surface area contributed by atoms with E-state index in [-0.39, 0.29) is 24.3 Å². The lowest BCUT2D eigenvalue weighted by atomic mass is 9.90. The summed E-state index contributed by atoms with van der Waals surface area (Å²) in [4.78, 5) is 25.0. The fourth-order valence-electron chi connectivity index (χ4n) is 3.14. The van der Waals surface area contributed by atoms with Crippen LogP contribution in [-0.4, -0.2) is 24.0 Å². The molecule has 7 heteroatoms. The van der Waals surface area contributed by atoms with E-state index >= 15 is 0 Å². The summed E-state index contributed by atoms with van der Waals surface area (Å²) in [5.41, 5.74) is 8.03. The average Bonchev–Trinajstić information content (AvgIpc) is 2.63. The zero-order valence-electron chi connectivity index (χ0n) is 17.4. The number of hydrogen-bond acceptors (Lipinski definition) is 3. The molecule has 2 aromatic carbocycles. The van der Waals surface area contributed by atoms with Crippen LogP contribution in [0.25, 0.3) is 0 Å². The van der Waals surface area contributed by atoms with Crippen LogP contribution in [0.5, 0.6) is 0 Å². The molecule has 0 spiro atoms. The van der Waals surface area contributed by atoms with Gasteiger partial charge in [-0.05, 0) is 56.0 Å². The number of aryl methyl sites for hydroxylation is 1. The summed E-state index contributed by atoms with van der Waals surface area (Å²) < 4.78 is 0. The van der Waals surface area contributed by atoms with Crippen molar-refractivity contribution in [2.75, 3.05) is 17.2 Å². The van der Waals surface area contributed by atoms with E-state index in [1.807, 2.05) is 38.1 Å². The maximum atomic E-state index is 12.7. The van der Waals surface area contributed by atoms with Crippen molar-refractivity contribution < 1.29 is 9.59 Å². The zero-order valence-corrected chi connectivity index (χ0v) is 18.2. The number of amides is 3. The third kappa shape index (κ3) is 7.40. The molecule has 1 unspecified atom stereocenters. The molecule has 5 N–H and O–H groups in total. The highest BCUT2D eigenvalue weighted by molar-refractivity contribution is 6.02. The van der Waals surface area contributed by atoms with Gasteiger partial charge in [-0.2, -0.15) is 0 Å². The van der Waals surface area contributed by atoms with Gasteiger partial charge in [0, 0.05) is 29.0 Å². The van der Waals surface area contributed by atoms with Gasteiger partial charge in [0.2, 0.25) is 0 Å². The summed E-state index contributed by atoms with van der Waals surface area (Å²) in [5, 5.41) is 8.61. The first-order valence-electron chi connectivity index (χ1n) is 9.49. The van der Waals surface area contributed by atoms with Crippen LogP contribution in [0.4, 0.5) is 16.2 Å². The normalized spacial score (nSPS) is 12.5. The number of benzene rings is 2. The molecular weight excluding hydrogens is 388 g/mol. The van der Waals surface area contributed by atoms with E-state index in [2.05, 4.69) is 29.8 Å². The highest BCUT2D eigenvalue weighted by Crippen LogP contribution is 2.20. The molecule has 29 heavy (non-hydrogen) atoms. The number of nitrogens with two attached hydrogens (primary N) is 1. The Hall–Kier alpha value is -2.57. The summed E-state index contributed by atoms with van der Waals surface area (Å²) in [6.45, 7) is 8.38. The number of rotatable bonds is 7. The molecule has 6 nitrogen and oxygen atoms in total. The lowest BCUT2D eigenvalue weighted by Gasteiger charge is -2.31. The van der Waals surface area contributed by atoms with Gasteiger partial charge < -0.3 is 21.7 Å². The molecule has 1 atom stereocenters. The Balaban J connectivity index is 0.00000420. The maximum Gasteiger partial charge on any atom is 0.323 e. The van der Waals surface area contributed by atoms with E-state index in [0.717, 1.165) is 12.0 Å². The molecule has 0 aromatic heterocycles. The Morgan fingerprint density at radius 3 is 2.31 bits per heavy atom. The van der Waals surface area contributed by atoms with Gasteiger partial charge in [0.15, 0.2) is 0 Å². The molecule has 3 amide bonds. The van der Waals surface area contributed by atoms with Gasteiger partial charge in [-0.25, -0.2) is 4.79 Å². The van der Waals surface area contributed by atoms with Crippen LogP contribution >= 0.6 is 12.4 Å². The molecule has 0 fully saturated rings. The van der Waals surface area contributed by atoms with Crippen molar-refractivity contribution in [2.24, 2.45) is 11.7 Å². The first-order chi connectivity index (χ1) is 13.2. The number of urea groups is 1. The van der Waals surface area contributed by atoms with Crippen molar-refractivity contribution in [3.63, 3.8) is 0 Å². The van der Waals surface area contributed by atoms with E-state index < -0.39 is 5.54 Å². The SMILES string of the molecule is Cc1ccc(C(=O)NC(C)(CN)CC(C)C)cc1NC(=O)Nc1ccccc1.Cl. The van der Waals surface area contributed by atoms with Crippen LogP contribution in [0.2, 0.25) is 0 Å². The highest BCUT2D eigenvalue weighted by Gasteiger charge is 2.26. The predicted octanol–water partition coefficient (Wildman–Crippen LogP) is 4.55. The van der Waals surface area contributed by atoms with Crippen LogP contribution in [-0.2, 0) is 0 Å². The maximum absolute atomic E-state index is 12.7. The topological polar surface area (TPSA) is 96.2 Å². The van der Waals surface area contributed by atoms with Crippen molar-refractivity contribution >= 4 is 35.7 Å². The number of nitrogens with one attached hydrogen (secondary N) is 3. The summed E-state index contributed by atoms with van der Waals surface area (Å²) in [7, 11) is 0. The van der Waals surface area contributed by atoms with Gasteiger partial charge in [0.25, 0.3) is 5.91 Å². The summed E-state index contributed by atoms with van der Waals surface area (Å²) in [6, 6.07) is 14.1. The Bertz CT molecular complexity index is 827. The van der Waals surface area contributed by atoms with Crippen LogP contribution in [0.1, 0.15) is 43.1 Å². The van der Waals surface area contributed by atoms with Crippen molar-refractivity contribution in [2.45, 2.75) is 39.7 Å². The Labute approximate surface area is 179 Å². The second kappa shape index (κ2) is 10.8. The smallest absolute Gasteiger partial charge is 0.323 e. The van der Waals surface area contributed by atoms with Gasteiger partial charge >= 0.3 is 6.03 Å². The van der Waals surface area contributed by atoms with Crippen molar-refractivity contribution in [3.05, 3.63) is 59.7 Å². The average molecular weight is 419 g/mol. The fraction of sp³-hybridized carbons (Fsp3) is 0.364. The van der Waals surface area contributed by atoms with Gasteiger partial charge in [-0.3, -0.25) is 4.79 Å². The van der Waals surface area contributed by atoms with Crippen LogP contribution in [0, 0.1) is 12.8 Å². The first-order valence-corrected chi connectivity index (χ1v) is 9.49. The zero-order chi connectivity index (χ0) is 20.7. The Morgan fingerprint density at radius 2 is 1.72 bits per heavy atom. The predicted molar refractivity (Wildman–Crippen MR) is 122 cm³/mol. The molecule has 158 valence electrons. The minimum Gasteiger partial charge on any atom is -0.346 e. The van der Waals surface area contributed by atoms with E-state index in [1.165, 1.54) is 0 Å². The third-order valence-corrected chi connectivity index (χ3v) is 4.50. The molecule has 0 saturated carbocycles. The number of para-hydroxylation sites is 1. The van der Waals surface area contributed by atoms with Crippen molar-refractivity contribution in [3.8, 4) is 0 Å². The molecular formula is C22H31ClN4O2. The van der Waals surface area contributed by atoms with Crippen LogP contribution < -0.4 is 21.7 Å². The number of carbonyl (C=O) groups excluding carboxylic acids is 2. The largest absolute Gasteiger partial charge is 0.346 e. The minimum atomic E-state index is -0.478.